The summed E-state index contributed by atoms with van der Waals surface area (Å²) in [6.07, 6.45) is 1.19. The fourth-order valence-corrected chi connectivity index (χ4v) is 4.32. The minimum Gasteiger partial charge on any atom is -0.376 e. The minimum atomic E-state index is -3.33. The Morgan fingerprint density at radius 2 is 1.37 bits per heavy atom. The summed E-state index contributed by atoms with van der Waals surface area (Å²) >= 11 is 0. The van der Waals surface area contributed by atoms with E-state index in [1.807, 2.05) is 60.7 Å². The number of nitrogens with one attached hydrogen (secondary N) is 1. The van der Waals surface area contributed by atoms with Gasteiger partial charge in [-0.25, -0.2) is 8.42 Å². The van der Waals surface area contributed by atoms with Gasteiger partial charge in [-0.1, -0.05) is 66.7 Å². The van der Waals surface area contributed by atoms with Gasteiger partial charge in [0, 0.05) is 25.0 Å². The predicted octanol–water partition coefficient (Wildman–Crippen LogP) is 4.04. The van der Waals surface area contributed by atoms with E-state index in [9.17, 15) is 13.2 Å². The smallest absolute Gasteiger partial charge is 0.242 e. The molecule has 3 aromatic rings. The lowest BCUT2D eigenvalue weighted by Gasteiger charge is -2.24. The SMILES string of the molecule is Cc1c(NCC(=O)N(Cc2ccccc2)Cc2ccccc2)cccc1S(C)(=O)=O. The molecule has 156 valence electrons. The summed E-state index contributed by atoms with van der Waals surface area (Å²) in [7, 11) is -3.33. The third-order valence-corrected chi connectivity index (χ3v) is 6.14. The van der Waals surface area contributed by atoms with Gasteiger partial charge in [-0.05, 0) is 35.7 Å². The van der Waals surface area contributed by atoms with E-state index in [0.717, 1.165) is 11.1 Å². The molecule has 0 radical (unpaired) electrons. The number of nitrogens with zero attached hydrogens (tertiary/aromatic N) is 1. The summed E-state index contributed by atoms with van der Waals surface area (Å²) in [4.78, 5) is 15.1. The second-order valence-corrected chi connectivity index (χ2v) is 9.26. The third-order valence-electron chi connectivity index (χ3n) is 4.90. The fourth-order valence-electron chi connectivity index (χ4n) is 3.33. The molecule has 0 saturated carbocycles. The number of benzene rings is 3. The van der Waals surface area contributed by atoms with E-state index in [-0.39, 0.29) is 17.3 Å². The summed E-state index contributed by atoms with van der Waals surface area (Å²) in [6, 6.07) is 24.8. The summed E-state index contributed by atoms with van der Waals surface area (Å²) in [5, 5.41) is 3.12. The van der Waals surface area contributed by atoms with E-state index in [0.29, 0.717) is 24.3 Å². The molecule has 3 aromatic carbocycles. The van der Waals surface area contributed by atoms with E-state index in [4.69, 9.17) is 0 Å². The molecule has 5 nitrogen and oxygen atoms in total. The Hall–Kier alpha value is -3.12. The largest absolute Gasteiger partial charge is 0.376 e. The molecule has 1 amide bonds. The van der Waals surface area contributed by atoms with Crippen molar-refractivity contribution in [3.05, 3.63) is 95.6 Å². The van der Waals surface area contributed by atoms with E-state index in [2.05, 4.69) is 5.32 Å². The van der Waals surface area contributed by atoms with Crippen LogP contribution in [0.4, 0.5) is 5.69 Å². The first-order valence-corrected chi connectivity index (χ1v) is 11.6. The zero-order valence-corrected chi connectivity index (χ0v) is 18.0. The van der Waals surface area contributed by atoms with Crippen molar-refractivity contribution in [2.24, 2.45) is 0 Å². The van der Waals surface area contributed by atoms with Crippen LogP contribution in [-0.4, -0.2) is 32.0 Å². The molecule has 0 spiro atoms. The van der Waals surface area contributed by atoms with Crippen LogP contribution in [0.25, 0.3) is 0 Å². The van der Waals surface area contributed by atoms with Gasteiger partial charge in [0.05, 0.1) is 11.4 Å². The molecule has 0 aliphatic heterocycles. The van der Waals surface area contributed by atoms with Crippen molar-refractivity contribution in [1.29, 1.82) is 0 Å². The van der Waals surface area contributed by atoms with Crippen LogP contribution in [0.5, 0.6) is 0 Å². The maximum absolute atomic E-state index is 13.1. The third kappa shape index (κ3) is 5.70. The molecule has 0 unspecified atom stereocenters. The Labute approximate surface area is 178 Å². The van der Waals surface area contributed by atoms with Crippen molar-refractivity contribution in [2.75, 3.05) is 18.1 Å². The van der Waals surface area contributed by atoms with Crippen LogP contribution in [0, 0.1) is 6.92 Å². The van der Waals surface area contributed by atoms with Crippen LogP contribution in [-0.2, 0) is 27.7 Å². The Bertz CT molecular complexity index is 1060. The van der Waals surface area contributed by atoms with E-state index < -0.39 is 9.84 Å². The Balaban J connectivity index is 1.76. The molecule has 0 atom stereocenters. The van der Waals surface area contributed by atoms with Crippen molar-refractivity contribution >= 4 is 21.4 Å². The highest BCUT2D eigenvalue weighted by Gasteiger charge is 2.17. The van der Waals surface area contributed by atoms with Gasteiger partial charge in [0.1, 0.15) is 0 Å². The zero-order valence-electron chi connectivity index (χ0n) is 17.2. The lowest BCUT2D eigenvalue weighted by molar-refractivity contribution is -0.130. The molecule has 6 heteroatoms. The van der Waals surface area contributed by atoms with Crippen molar-refractivity contribution < 1.29 is 13.2 Å². The number of rotatable bonds is 8. The highest BCUT2D eigenvalue weighted by Crippen LogP contribution is 2.23. The van der Waals surface area contributed by atoms with E-state index in [1.54, 1.807) is 30.0 Å². The first kappa shape index (κ1) is 21.6. The summed E-state index contributed by atoms with van der Waals surface area (Å²) in [6.45, 7) is 2.82. The van der Waals surface area contributed by atoms with Crippen molar-refractivity contribution in [2.45, 2.75) is 24.9 Å². The normalized spacial score (nSPS) is 11.1. The lowest BCUT2D eigenvalue weighted by atomic mass is 10.1. The van der Waals surface area contributed by atoms with Gasteiger partial charge >= 0.3 is 0 Å². The minimum absolute atomic E-state index is 0.0631. The van der Waals surface area contributed by atoms with Gasteiger partial charge in [-0.2, -0.15) is 0 Å². The molecule has 0 aliphatic rings. The lowest BCUT2D eigenvalue weighted by Crippen LogP contribution is -2.34. The summed E-state index contributed by atoms with van der Waals surface area (Å²) < 4.78 is 23.9. The number of sulfone groups is 1. The highest BCUT2D eigenvalue weighted by atomic mass is 32.2. The molecule has 0 heterocycles. The molecule has 0 aliphatic carbocycles. The molecule has 1 N–H and O–H groups in total. The second kappa shape index (κ2) is 9.59. The number of carbonyl (C=O) groups is 1. The van der Waals surface area contributed by atoms with Crippen LogP contribution in [0.1, 0.15) is 16.7 Å². The van der Waals surface area contributed by atoms with Gasteiger partial charge in [0.2, 0.25) is 5.91 Å². The predicted molar refractivity (Wildman–Crippen MR) is 120 cm³/mol. The Morgan fingerprint density at radius 1 is 0.833 bits per heavy atom. The number of amides is 1. The quantitative estimate of drug-likeness (QED) is 0.595. The van der Waals surface area contributed by atoms with Crippen LogP contribution >= 0.6 is 0 Å². The topological polar surface area (TPSA) is 66.5 Å². The van der Waals surface area contributed by atoms with E-state index >= 15 is 0 Å². The summed E-state index contributed by atoms with van der Waals surface area (Å²) in [5.74, 6) is -0.0631. The molecule has 3 rings (SSSR count). The standard InChI is InChI=1S/C24H26N2O3S/c1-19-22(14-9-15-23(19)30(2,28)29)25-16-24(27)26(17-20-10-5-3-6-11-20)18-21-12-7-4-8-13-21/h3-15,25H,16-18H2,1-2H3. The van der Waals surface area contributed by atoms with Crippen LogP contribution in [0.2, 0.25) is 0 Å². The Kier molecular flexibility index (Phi) is 6.90. The van der Waals surface area contributed by atoms with Gasteiger partial charge < -0.3 is 10.2 Å². The molecule has 0 fully saturated rings. The second-order valence-electron chi connectivity index (χ2n) is 7.28. The Morgan fingerprint density at radius 3 is 1.87 bits per heavy atom. The molecular formula is C24H26N2O3S. The zero-order chi connectivity index (χ0) is 21.6. The van der Waals surface area contributed by atoms with Crippen LogP contribution in [0.15, 0.2) is 83.8 Å². The first-order chi connectivity index (χ1) is 14.3. The maximum Gasteiger partial charge on any atom is 0.242 e. The molecule has 0 aromatic heterocycles. The fraction of sp³-hybridized carbons (Fsp3) is 0.208. The molecular weight excluding hydrogens is 396 g/mol. The van der Waals surface area contributed by atoms with E-state index in [1.165, 1.54) is 6.26 Å². The number of hydrogen-bond acceptors (Lipinski definition) is 4. The molecule has 0 bridgehead atoms. The van der Waals surface area contributed by atoms with Gasteiger partial charge in [0.25, 0.3) is 0 Å². The number of anilines is 1. The van der Waals surface area contributed by atoms with Gasteiger partial charge in [-0.3, -0.25) is 4.79 Å². The monoisotopic (exact) mass is 422 g/mol. The average Bonchev–Trinajstić information content (AvgIpc) is 2.73. The van der Waals surface area contributed by atoms with Crippen LogP contribution in [0.3, 0.4) is 0 Å². The summed E-state index contributed by atoms with van der Waals surface area (Å²) in [5.41, 5.74) is 3.37. The average molecular weight is 423 g/mol. The first-order valence-electron chi connectivity index (χ1n) is 9.74. The van der Waals surface area contributed by atoms with Crippen molar-refractivity contribution in [3.8, 4) is 0 Å². The van der Waals surface area contributed by atoms with Crippen molar-refractivity contribution in [1.82, 2.24) is 4.90 Å². The van der Waals surface area contributed by atoms with Gasteiger partial charge in [-0.15, -0.1) is 0 Å². The number of hydrogen-bond donors (Lipinski definition) is 1. The molecule has 0 saturated heterocycles. The van der Waals surface area contributed by atoms with Crippen LogP contribution < -0.4 is 5.32 Å². The maximum atomic E-state index is 13.1. The highest BCUT2D eigenvalue weighted by molar-refractivity contribution is 7.90. The van der Waals surface area contributed by atoms with Crippen molar-refractivity contribution in [3.63, 3.8) is 0 Å². The number of carbonyl (C=O) groups excluding carboxylic acids is 1. The van der Waals surface area contributed by atoms with Gasteiger partial charge in [0.15, 0.2) is 9.84 Å². The molecule has 30 heavy (non-hydrogen) atoms.